The topological polar surface area (TPSA) is 160 Å². The zero-order valence-electron chi connectivity index (χ0n) is 26.0. The number of halogens is 2. The van der Waals surface area contributed by atoms with Crippen LogP contribution in [0, 0.1) is 18.6 Å². The molecule has 2 amide bonds. The highest BCUT2D eigenvalue weighted by molar-refractivity contribution is 6.00. The minimum Gasteiger partial charge on any atom is -0.429 e. The molecule has 1 aromatic heterocycles. The molecule has 4 heterocycles. The molecule has 6 rings (SSSR count). The van der Waals surface area contributed by atoms with Crippen molar-refractivity contribution in [1.29, 1.82) is 0 Å². The van der Waals surface area contributed by atoms with Crippen molar-refractivity contribution < 1.29 is 44.4 Å². The summed E-state index contributed by atoms with van der Waals surface area (Å²) < 4.78 is 40.0. The van der Waals surface area contributed by atoms with Gasteiger partial charge in [-0.3, -0.25) is 14.4 Å². The maximum absolute atomic E-state index is 14.3. The zero-order chi connectivity index (χ0) is 32.7. The maximum Gasteiger partial charge on any atom is 0.514 e. The molecule has 0 saturated carbocycles. The highest BCUT2D eigenvalue weighted by Gasteiger charge is 2.54. The number of aryl methyl sites for hydroxylation is 1. The van der Waals surface area contributed by atoms with Gasteiger partial charge in [-0.1, -0.05) is 35.5 Å². The van der Waals surface area contributed by atoms with Crippen LogP contribution in [-0.4, -0.2) is 56.8 Å². The van der Waals surface area contributed by atoms with Gasteiger partial charge in [0.2, 0.25) is 11.2 Å². The minimum absolute atomic E-state index is 0. The summed E-state index contributed by atoms with van der Waals surface area (Å²) in [5.41, 5.74) is -0.318. The van der Waals surface area contributed by atoms with Gasteiger partial charge in [-0.2, -0.15) is 0 Å². The number of fused-ring (bicyclic) bond motifs is 5. The lowest BCUT2D eigenvalue weighted by atomic mass is 9.84. The Hall–Kier alpha value is -5.11. The van der Waals surface area contributed by atoms with E-state index in [0.717, 1.165) is 17.3 Å². The number of ether oxygens (including phenoxy) is 2. The maximum atomic E-state index is 14.3. The Labute approximate surface area is 269 Å². The first-order chi connectivity index (χ1) is 22.0. The monoisotopic (exact) mass is 654 g/mol. The smallest absolute Gasteiger partial charge is 0.429 e. The molecule has 3 aliphatic rings. The van der Waals surface area contributed by atoms with Crippen molar-refractivity contribution in [2.45, 2.75) is 70.9 Å². The highest BCUT2D eigenvalue weighted by atomic mass is 19.1. The first-order valence-electron chi connectivity index (χ1n) is 14.9. The molecule has 3 N–H and O–H groups in total. The van der Waals surface area contributed by atoms with Gasteiger partial charge >= 0.3 is 6.16 Å². The second kappa shape index (κ2) is 12.9. The Bertz CT molecular complexity index is 1850. The van der Waals surface area contributed by atoms with Crippen LogP contribution >= 0.6 is 0 Å². The van der Waals surface area contributed by atoms with Crippen LogP contribution in [0.3, 0.4) is 0 Å². The third kappa shape index (κ3) is 6.20. The molecule has 0 radical (unpaired) electrons. The van der Waals surface area contributed by atoms with E-state index in [2.05, 4.69) is 10.5 Å². The van der Waals surface area contributed by atoms with E-state index >= 15 is 0 Å². The number of hydrogen-bond acceptors (Lipinski definition) is 8. The van der Waals surface area contributed by atoms with E-state index in [1.807, 2.05) is 32.9 Å². The quantitative estimate of drug-likeness (QED) is 0.390. The molecule has 14 heteroatoms. The van der Waals surface area contributed by atoms with Crippen LogP contribution in [0.15, 0.2) is 58.6 Å². The molecule has 3 aliphatic heterocycles. The summed E-state index contributed by atoms with van der Waals surface area (Å²) in [5.74, 6) is -3.81. The number of hydrogen-bond donors (Lipinski definition) is 1. The normalized spacial score (nSPS) is 21.2. The number of amides is 2. The molecule has 47 heavy (non-hydrogen) atoms. The Balaban J connectivity index is 0.00000260. The van der Waals surface area contributed by atoms with Crippen LogP contribution in [0.5, 0.6) is 5.75 Å². The van der Waals surface area contributed by atoms with Gasteiger partial charge in [0.05, 0.1) is 11.8 Å². The van der Waals surface area contributed by atoms with E-state index in [4.69, 9.17) is 14.3 Å². The lowest BCUT2D eigenvalue weighted by molar-refractivity contribution is -0.0655. The molecule has 2 aromatic carbocycles. The molecule has 3 atom stereocenters. The molecule has 2 bridgehead atoms. The van der Waals surface area contributed by atoms with Crippen molar-refractivity contribution in [3.05, 3.63) is 98.5 Å². The van der Waals surface area contributed by atoms with Gasteiger partial charge in [0.1, 0.15) is 23.8 Å². The zero-order valence-corrected chi connectivity index (χ0v) is 26.0. The van der Waals surface area contributed by atoms with Crippen molar-refractivity contribution >= 4 is 23.7 Å². The second-order valence-corrected chi connectivity index (χ2v) is 12.0. The third-order valence-electron chi connectivity index (χ3n) is 8.92. The number of rotatable bonds is 6. The molecular weight excluding hydrogens is 618 g/mol. The highest BCUT2D eigenvalue weighted by Crippen LogP contribution is 2.46. The molecule has 0 unspecified atom stereocenters. The van der Waals surface area contributed by atoms with E-state index in [1.165, 1.54) is 16.8 Å². The van der Waals surface area contributed by atoms with Gasteiger partial charge in [-0.15, -0.1) is 0 Å². The van der Waals surface area contributed by atoms with Crippen molar-refractivity contribution in [2.75, 3.05) is 6.54 Å². The predicted octanol–water partition coefficient (Wildman–Crippen LogP) is 4.22. The second-order valence-electron chi connectivity index (χ2n) is 12.0. The molecule has 1 spiro atoms. The molecule has 12 nitrogen and oxygen atoms in total. The Morgan fingerprint density at radius 1 is 1.15 bits per heavy atom. The first-order valence-corrected chi connectivity index (χ1v) is 14.9. The fourth-order valence-corrected chi connectivity index (χ4v) is 6.32. The number of nitrogens with one attached hydrogen (secondary N) is 1. The minimum atomic E-state index is -1.25. The molecule has 1 fully saturated rings. The lowest BCUT2D eigenvalue weighted by Gasteiger charge is -2.42. The Morgan fingerprint density at radius 2 is 1.91 bits per heavy atom. The van der Waals surface area contributed by atoms with Crippen LogP contribution < -0.4 is 15.5 Å². The summed E-state index contributed by atoms with van der Waals surface area (Å²) in [6.07, 6.45) is 1.54. The van der Waals surface area contributed by atoms with Gasteiger partial charge in [-0.25, -0.2) is 13.6 Å². The molecule has 250 valence electrons. The largest absolute Gasteiger partial charge is 0.514 e. The van der Waals surface area contributed by atoms with Crippen LogP contribution in [0.1, 0.15) is 78.1 Å². The average molecular weight is 655 g/mol. The first kappa shape index (κ1) is 33.3. The van der Waals surface area contributed by atoms with Crippen LogP contribution in [0.25, 0.3) is 0 Å². The lowest BCUT2D eigenvalue weighted by Crippen LogP contribution is -2.52. The summed E-state index contributed by atoms with van der Waals surface area (Å²) in [6, 6.07) is 9.27. The van der Waals surface area contributed by atoms with Crippen LogP contribution in [0.2, 0.25) is 0 Å². The number of carbonyl (C=O) groups is 3. The summed E-state index contributed by atoms with van der Waals surface area (Å²) >= 11 is 0. The van der Waals surface area contributed by atoms with Crippen molar-refractivity contribution in [1.82, 2.24) is 14.8 Å². The Kier molecular flexibility index (Phi) is 9.16. The van der Waals surface area contributed by atoms with E-state index in [0.29, 0.717) is 30.9 Å². The summed E-state index contributed by atoms with van der Waals surface area (Å²) in [5, 5.41) is 6.67. The number of carbonyl (C=O) groups excluding carboxylic acids is 3. The fourth-order valence-electron chi connectivity index (χ4n) is 6.32. The molecule has 1 saturated heterocycles. The number of oxime groups is 1. The van der Waals surface area contributed by atoms with Crippen LogP contribution in [0.4, 0.5) is 13.6 Å². The van der Waals surface area contributed by atoms with Gasteiger partial charge in [0.25, 0.3) is 11.8 Å². The van der Waals surface area contributed by atoms with E-state index in [1.54, 1.807) is 17.0 Å². The third-order valence-corrected chi connectivity index (χ3v) is 8.92. The average Bonchev–Trinajstić information content (AvgIpc) is 3.35. The van der Waals surface area contributed by atoms with Crippen LogP contribution in [-0.2, 0) is 22.7 Å². The molecular formula is C33H36F2N4O8. The van der Waals surface area contributed by atoms with E-state index in [9.17, 15) is 28.0 Å². The van der Waals surface area contributed by atoms with Crippen molar-refractivity contribution in [2.24, 2.45) is 5.16 Å². The van der Waals surface area contributed by atoms with Gasteiger partial charge in [-0.05, 0) is 50.8 Å². The van der Waals surface area contributed by atoms with Gasteiger partial charge in [0, 0.05) is 44.8 Å². The predicted molar refractivity (Wildman–Crippen MR) is 166 cm³/mol. The molecule has 0 aliphatic carbocycles. The van der Waals surface area contributed by atoms with Crippen molar-refractivity contribution in [3.63, 3.8) is 0 Å². The number of aromatic nitrogens is 1. The fraction of sp³-hybridized carbons (Fsp3) is 0.364. The summed E-state index contributed by atoms with van der Waals surface area (Å²) in [7, 11) is 0. The van der Waals surface area contributed by atoms with E-state index in [-0.39, 0.29) is 43.9 Å². The van der Waals surface area contributed by atoms with Crippen molar-refractivity contribution in [3.8, 4) is 5.75 Å². The van der Waals surface area contributed by atoms with Gasteiger partial charge < -0.3 is 34.6 Å². The summed E-state index contributed by atoms with van der Waals surface area (Å²) in [6.45, 7) is 5.22. The molecule has 3 aromatic rings. The number of benzene rings is 2. The Morgan fingerprint density at radius 3 is 2.62 bits per heavy atom. The SMILES string of the molecule is CC1=NO[C@@]2(CC[C@H](C)N3C[C@H]2n2cc(C(=O)NCc4ccc(F)cc4F)c(=O)c(OC(=O)OCc4ccccc4C)c2C3=O)C1.O.[HH]. The van der Waals surface area contributed by atoms with E-state index < -0.39 is 58.0 Å². The number of nitrogens with zero attached hydrogens (tertiary/aromatic N) is 3. The van der Waals surface area contributed by atoms with Gasteiger partial charge in [0.15, 0.2) is 11.3 Å². The summed E-state index contributed by atoms with van der Waals surface area (Å²) in [4.78, 5) is 62.0. The number of pyridine rings is 1. The standard InChI is InChI=1S/C33H32F2N4O7.H2O.H2/c1-18-6-4-5-7-22(18)17-44-32(43)45-29-27-31(42)38-16-26(33(11-10-20(38)3)13-19(2)37-46-33)39(27)15-24(28(29)40)30(41)36-14-21-8-9-23(34)12-25(21)35;;/h4-9,12,15,20,26H,10-11,13-14,16-17H2,1-3H3,(H,36,41);1H2;1H/t20-,26+,33-;;/m0../s1.